The summed E-state index contributed by atoms with van der Waals surface area (Å²) in [6, 6.07) is 0.819. The molecule has 0 aromatic rings. The Labute approximate surface area is 76.9 Å². The Morgan fingerprint density at radius 2 is 1.92 bits per heavy atom. The van der Waals surface area contributed by atoms with Crippen LogP contribution in [-0.2, 0) is 0 Å². The maximum atomic E-state index is 3.61. The minimum atomic E-state index is 0.602. The van der Waals surface area contributed by atoms with Crippen LogP contribution in [0.3, 0.4) is 0 Å². The second-order valence-electron chi connectivity index (χ2n) is 4.76. The second-order valence-corrected chi connectivity index (χ2v) is 4.76. The molecule has 1 heteroatoms. The van der Waals surface area contributed by atoms with Crippen molar-refractivity contribution in [3.8, 4) is 0 Å². The van der Waals surface area contributed by atoms with Gasteiger partial charge in [0.15, 0.2) is 0 Å². The molecule has 1 rings (SSSR count). The summed E-state index contributed by atoms with van der Waals surface area (Å²) in [5, 5.41) is 3.61. The first-order chi connectivity index (χ1) is 5.67. The van der Waals surface area contributed by atoms with Gasteiger partial charge in [-0.15, -0.1) is 0 Å². The fraction of sp³-hybridized carbons (Fsp3) is 1.00. The van der Waals surface area contributed by atoms with Gasteiger partial charge < -0.3 is 5.32 Å². The molecule has 72 valence electrons. The molecule has 1 aliphatic rings. The van der Waals surface area contributed by atoms with Gasteiger partial charge in [-0.3, -0.25) is 0 Å². The lowest BCUT2D eigenvalue weighted by molar-refractivity contribution is 0.523. The van der Waals surface area contributed by atoms with Gasteiger partial charge in [-0.2, -0.15) is 0 Å². The lowest BCUT2D eigenvalue weighted by Crippen LogP contribution is -2.21. The molecule has 1 fully saturated rings. The Balaban J connectivity index is 1.85. The van der Waals surface area contributed by atoms with E-state index in [4.69, 9.17) is 0 Å². The molecule has 0 heterocycles. The Hall–Kier alpha value is -0.0400. The molecule has 1 saturated carbocycles. The number of nitrogens with one attached hydrogen (secondary N) is 1. The zero-order chi connectivity index (χ0) is 9.03. The molecule has 1 nitrogen and oxygen atoms in total. The van der Waals surface area contributed by atoms with Crippen molar-refractivity contribution in [2.45, 2.75) is 58.9 Å². The summed E-state index contributed by atoms with van der Waals surface area (Å²) in [6.07, 6.45) is 6.88. The van der Waals surface area contributed by atoms with E-state index in [1.54, 1.807) is 0 Å². The fourth-order valence-corrected chi connectivity index (χ4v) is 1.64. The van der Waals surface area contributed by atoms with Crippen molar-refractivity contribution in [3.63, 3.8) is 0 Å². The van der Waals surface area contributed by atoms with Crippen molar-refractivity contribution in [1.82, 2.24) is 5.32 Å². The fourth-order valence-electron chi connectivity index (χ4n) is 1.64. The third kappa shape index (κ3) is 3.14. The normalized spacial score (nSPS) is 25.8. The van der Waals surface area contributed by atoms with Gasteiger partial charge >= 0.3 is 0 Å². The molecule has 0 amide bonds. The third-order valence-electron chi connectivity index (χ3n) is 2.93. The van der Waals surface area contributed by atoms with Crippen molar-refractivity contribution in [1.29, 1.82) is 0 Å². The lowest BCUT2D eigenvalue weighted by atomic mass is 10.2. The van der Waals surface area contributed by atoms with E-state index < -0.39 is 0 Å². The van der Waals surface area contributed by atoms with Crippen molar-refractivity contribution in [3.05, 3.63) is 0 Å². The number of rotatable bonds is 6. The van der Waals surface area contributed by atoms with E-state index in [0.29, 0.717) is 5.41 Å². The van der Waals surface area contributed by atoms with E-state index >= 15 is 0 Å². The summed E-state index contributed by atoms with van der Waals surface area (Å²) in [7, 11) is 0. The number of hydrogen-bond acceptors (Lipinski definition) is 1. The molecule has 0 aliphatic heterocycles. The SMILES string of the molecule is CCCCCCNC1CC1(C)C. The first-order valence-corrected chi connectivity index (χ1v) is 5.40. The van der Waals surface area contributed by atoms with Crippen molar-refractivity contribution >= 4 is 0 Å². The Morgan fingerprint density at radius 1 is 1.25 bits per heavy atom. The molecule has 0 saturated heterocycles. The molecule has 1 unspecified atom stereocenters. The summed E-state index contributed by atoms with van der Waals surface area (Å²) in [5.41, 5.74) is 0.602. The Kier molecular flexibility index (Phi) is 3.57. The summed E-state index contributed by atoms with van der Waals surface area (Å²) >= 11 is 0. The topological polar surface area (TPSA) is 12.0 Å². The van der Waals surface area contributed by atoms with Crippen LogP contribution in [0.5, 0.6) is 0 Å². The minimum absolute atomic E-state index is 0.602. The van der Waals surface area contributed by atoms with E-state index in [1.807, 2.05) is 0 Å². The largest absolute Gasteiger partial charge is 0.313 e. The summed E-state index contributed by atoms with van der Waals surface area (Å²) in [6.45, 7) is 8.18. The highest BCUT2D eigenvalue weighted by Crippen LogP contribution is 2.44. The third-order valence-corrected chi connectivity index (χ3v) is 2.93. The molecule has 12 heavy (non-hydrogen) atoms. The van der Waals surface area contributed by atoms with Gasteiger partial charge in [0, 0.05) is 6.04 Å². The molecule has 0 aromatic heterocycles. The molecule has 1 N–H and O–H groups in total. The van der Waals surface area contributed by atoms with Crippen LogP contribution >= 0.6 is 0 Å². The van der Waals surface area contributed by atoms with Crippen LogP contribution in [-0.4, -0.2) is 12.6 Å². The molecule has 0 radical (unpaired) electrons. The summed E-state index contributed by atoms with van der Waals surface area (Å²) < 4.78 is 0. The molecule has 1 atom stereocenters. The van der Waals surface area contributed by atoms with Crippen LogP contribution in [0.2, 0.25) is 0 Å². The summed E-state index contributed by atoms with van der Waals surface area (Å²) in [4.78, 5) is 0. The van der Waals surface area contributed by atoms with Gasteiger partial charge in [0.2, 0.25) is 0 Å². The van der Waals surface area contributed by atoms with Crippen molar-refractivity contribution in [2.75, 3.05) is 6.54 Å². The highest BCUT2D eigenvalue weighted by atomic mass is 15.0. The maximum Gasteiger partial charge on any atom is 0.0124 e. The van der Waals surface area contributed by atoms with Crippen LogP contribution in [0.15, 0.2) is 0 Å². The van der Waals surface area contributed by atoms with Gasteiger partial charge in [-0.1, -0.05) is 40.0 Å². The van der Waals surface area contributed by atoms with E-state index in [-0.39, 0.29) is 0 Å². The lowest BCUT2D eigenvalue weighted by Gasteiger charge is -2.05. The average molecular weight is 169 g/mol. The zero-order valence-corrected chi connectivity index (χ0v) is 8.82. The van der Waals surface area contributed by atoms with Gasteiger partial charge in [0.05, 0.1) is 0 Å². The average Bonchev–Trinajstić information content (AvgIpc) is 2.59. The second kappa shape index (κ2) is 4.27. The van der Waals surface area contributed by atoms with E-state index in [2.05, 4.69) is 26.1 Å². The minimum Gasteiger partial charge on any atom is -0.313 e. The molecular formula is C11H23N. The van der Waals surface area contributed by atoms with Crippen molar-refractivity contribution < 1.29 is 0 Å². The predicted molar refractivity (Wildman–Crippen MR) is 54.3 cm³/mol. The quantitative estimate of drug-likeness (QED) is 0.603. The van der Waals surface area contributed by atoms with Crippen LogP contribution in [0.4, 0.5) is 0 Å². The summed E-state index contributed by atoms with van der Waals surface area (Å²) in [5.74, 6) is 0. The highest BCUT2D eigenvalue weighted by Gasteiger charge is 2.44. The molecule has 0 bridgehead atoms. The van der Waals surface area contributed by atoms with Crippen LogP contribution < -0.4 is 5.32 Å². The molecular weight excluding hydrogens is 146 g/mol. The zero-order valence-electron chi connectivity index (χ0n) is 8.82. The molecule has 0 aromatic carbocycles. The van der Waals surface area contributed by atoms with E-state index in [0.717, 1.165) is 6.04 Å². The molecule has 0 spiro atoms. The monoisotopic (exact) mass is 169 g/mol. The maximum absolute atomic E-state index is 3.61. The Morgan fingerprint density at radius 3 is 2.42 bits per heavy atom. The first-order valence-electron chi connectivity index (χ1n) is 5.40. The van der Waals surface area contributed by atoms with E-state index in [1.165, 1.54) is 38.6 Å². The van der Waals surface area contributed by atoms with Crippen molar-refractivity contribution in [2.24, 2.45) is 5.41 Å². The van der Waals surface area contributed by atoms with E-state index in [9.17, 15) is 0 Å². The standard InChI is InChI=1S/C11H23N/c1-4-5-6-7-8-12-10-9-11(10,2)3/h10,12H,4-9H2,1-3H3. The van der Waals surface area contributed by atoms with Gasteiger partial charge in [0.1, 0.15) is 0 Å². The predicted octanol–water partition coefficient (Wildman–Crippen LogP) is 2.95. The number of unbranched alkanes of at least 4 members (excludes halogenated alkanes) is 3. The van der Waals surface area contributed by atoms with Crippen LogP contribution in [0.25, 0.3) is 0 Å². The van der Waals surface area contributed by atoms with Gasteiger partial charge in [-0.05, 0) is 24.8 Å². The highest BCUT2D eigenvalue weighted by molar-refractivity contribution is 5.01. The van der Waals surface area contributed by atoms with Crippen LogP contribution in [0, 0.1) is 5.41 Å². The number of hydrogen-bond donors (Lipinski definition) is 1. The van der Waals surface area contributed by atoms with Gasteiger partial charge in [-0.25, -0.2) is 0 Å². The van der Waals surface area contributed by atoms with Gasteiger partial charge in [0.25, 0.3) is 0 Å². The van der Waals surface area contributed by atoms with Crippen LogP contribution in [0.1, 0.15) is 52.9 Å². The first kappa shape index (κ1) is 10.0. The molecule has 1 aliphatic carbocycles. The Bertz CT molecular complexity index is 129. The smallest absolute Gasteiger partial charge is 0.0124 e.